The van der Waals surface area contributed by atoms with Crippen LogP contribution in [-0.4, -0.2) is 36.0 Å². The van der Waals surface area contributed by atoms with Gasteiger partial charge in [0.05, 0.1) is 6.61 Å². The van der Waals surface area contributed by atoms with Crippen molar-refractivity contribution in [2.45, 2.75) is 32.7 Å². The van der Waals surface area contributed by atoms with Crippen LogP contribution in [0.15, 0.2) is 24.3 Å². The summed E-state index contributed by atoms with van der Waals surface area (Å²) < 4.78 is 5.04. The Kier molecular flexibility index (Phi) is 4.20. The summed E-state index contributed by atoms with van der Waals surface area (Å²) in [5.41, 5.74) is 1.60. The molecule has 4 nitrogen and oxygen atoms in total. The van der Waals surface area contributed by atoms with E-state index >= 15 is 0 Å². The van der Waals surface area contributed by atoms with Gasteiger partial charge in [0.15, 0.2) is 0 Å². The molecule has 1 fully saturated rings. The summed E-state index contributed by atoms with van der Waals surface area (Å²) in [7, 11) is 0. The third-order valence-electron chi connectivity index (χ3n) is 3.45. The number of aryl methyl sites for hydroxylation is 1. The van der Waals surface area contributed by atoms with E-state index in [-0.39, 0.29) is 11.9 Å². The van der Waals surface area contributed by atoms with E-state index in [2.05, 4.69) is 0 Å². The predicted molar refractivity (Wildman–Crippen MR) is 71.9 cm³/mol. The number of nitrogens with zero attached hydrogens (tertiary/aromatic N) is 1. The van der Waals surface area contributed by atoms with Crippen molar-refractivity contribution in [3.8, 4) is 0 Å². The molecule has 0 bridgehead atoms. The molecule has 1 aromatic carbocycles. The monoisotopic (exact) mass is 261 g/mol. The second-order valence-electron chi connectivity index (χ2n) is 4.72. The predicted octanol–water partition coefficient (Wildman–Crippen LogP) is 2.16. The van der Waals surface area contributed by atoms with Crippen molar-refractivity contribution >= 4 is 11.9 Å². The van der Waals surface area contributed by atoms with Gasteiger partial charge < -0.3 is 9.64 Å². The Morgan fingerprint density at radius 3 is 2.79 bits per heavy atom. The van der Waals surface area contributed by atoms with Gasteiger partial charge in [-0.25, -0.2) is 4.79 Å². The topological polar surface area (TPSA) is 46.6 Å². The number of ether oxygens (including phenoxy) is 1. The molecule has 2 rings (SSSR count). The van der Waals surface area contributed by atoms with Crippen molar-refractivity contribution in [3.05, 3.63) is 35.4 Å². The number of likely N-dealkylation sites (tertiary alicyclic amines) is 1. The first-order valence-corrected chi connectivity index (χ1v) is 6.68. The van der Waals surface area contributed by atoms with Gasteiger partial charge in [-0.1, -0.05) is 18.2 Å². The largest absolute Gasteiger partial charge is 0.464 e. The number of esters is 1. The molecule has 0 spiro atoms. The molecule has 0 N–H and O–H groups in total. The average Bonchev–Trinajstić information content (AvgIpc) is 2.88. The van der Waals surface area contributed by atoms with Crippen molar-refractivity contribution in [2.75, 3.05) is 13.2 Å². The molecule has 0 aliphatic carbocycles. The van der Waals surface area contributed by atoms with Crippen molar-refractivity contribution in [3.63, 3.8) is 0 Å². The van der Waals surface area contributed by atoms with E-state index in [9.17, 15) is 9.59 Å². The van der Waals surface area contributed by atoms with E-state index < -0.39 is 6.04 Å². The van der Waals surface area contributed by atoms with Crippen LogP contribution in [0.2, 0.25) is 0 Å². The molecule has 19 heavy (non-hydrogen) atoms. The van der Waals surface area contributed by atoms with Gasteiger partial charge in [-0.3, -0.25) is 4.79 Å². The maximum Gasteiger partial charge on any atom is 0.328 e. The first-order valence-electron chi connectivity index (χ1n) is 6.68. The first kappa shape index (κ1) is 13.6. The zero-order valence-corrected chi connectivity index (χ0v) is 11.4. The van der Waals surface area contributed by atoms with E-state index in [0.29, 0.717) is 25.1 Å². The molecule has 1 aliphatic rings. The lowest BCUT2D eigenvalue weighted by Gasteiger charge is -2.23. The lowest BCUT2D eigenvalue weighted by atomic mass is 10.1. The van der Waals surface area contributed by atoms with Crippen LogP contribution in [-0.2, 0) is 9.53 Å². The van der Waals surface area contributed by atoms with Crippen molar-refractivity contribution < 1.29 is 14.3 Å². The zero-order chi connectivity index (χ0) is 13.8. The maximum atomic E-state index is 12.5. The van der Waals surface area contributed by atoms with Gasteiger partial charge in [-0.15, -0.1) is 0 Å². The number of hydrogen-bond donors (Lipinski definition) is 0. The average molecular weight is 261 g/mol. The minimum absolute atomic E-state index is 0.0753. The van der Waals surface area contributed by atoms with E-state index in [0.717, 1.165) is 12.0 Å². The van der Waals surface area contributed by atoms with E-state index in [4.69, 9.17) is 4.74 Å². The van der Waals surface area contributed by atoms with Gasteiger partial charge in [0.1, 0.15) is 6.04 Å². The Morgan fingerprint density at radius 1 is 1.37 bits per heavy atom. The third-order valence-corrected chi connectivity index (χ3v) is 3.45. The highest BCUT2D eigenvalue weighted by Crippen LogP contribution is 2.22. The lowest BCUT2D eigenvalue weighted by molar-refractivity contribution is -0.147. The normalized spacial score (nSPS) is 18.4. The Bertz CT molecular complexity index is 484. The van der Waals surface area contributed by atoms with E-state index in [1.54, 1.807) is 17.9 Å². The highest BCUT2D eigenvalue weighted by atomic mass is 16.5. The molecule has 102 valence electrons. The van der Waals surface area contributed by atoms with Gasteiger partial charge in [0, 0.05) is 12.1 Å². The summed E-state index contributed by atoms with van der Waals surface area (Å²) in [4.78, 5) is 26.0. The first-order chi connectivity index (χ1) is 9.15. The number of carbonyl (C=O) groups is 2. The highest BCUT2D eigenvalue weighted by molar-refractivity contribution is 5.98. The van der Waals surface area contributed by atoms with Crippen LogP contribution in [0, 0.1) is 6.92 Å². The second kappa shape index (κ2) is 5.87. The number of amides is 1. The molecule has 1 heterocycles. The molecule has 1 amide bonds. The SMILES string of the molecule is CCOC(=O)C1CCCN1C(=O)c1ccccc1C. The summed E-state index contributed by atoms with van der Waals surface area (Å²) in [5.74, 6) is -0.365. The van der Waals surface area contributed by atoms with E-state index in [1.165, 1.54) is 0 Å². The van der Waals surface area contributed by atoms with Gasteiger partial charge in [-0.05, 0) is 38.3 Å². The molecule has 1 unspecified atom stereocenters. The molecule has 1 aromatic rings. The molecule has 1 aliphatic heterocycles. The lowest BCUT2D eigenvalue weighted by Crippen LogP contribution is -2.41. The Morgan fingerprint density at radius 2 is 2.11 bits per heavy atom. The van der Waals surface area contributed by atoms with Gasteiger partial charge >= 0.3 is 5.97 Å². The van der Waals surface area contributed by atoms with Crippen LogP contribution < -0.4 is 0 Å². The number of carbonyl (C=O) groups excluding carboxylic acids is 2. The zero-order valence-electron chi connectivity index (χ0n) is 11.4. The Balaban J connectivity index is 2.19. The Hall–Kier alpha value is -1.84. The molecule has 4 heteroatoms. The van der Waals surface area contributed by atoms with Crippen LogP contribution in [0.5, 0.6) is 0 Å². The molecule has 0 saturated carbocycles. The van der Waals surface area contributed by atoms with E-state index in [1.807, 2.05) is 25.1 Å². The molecule has 1 atom stereocenters. The van der Waals surface area contributed by atoms with Crippen LogP contribution in [0.25, 0.3) is 0 Å². The van der Waals surface area contributed by atoms with Crippen molar-refractivity contribution in [1.29, 1.82) is 0 Å². The van der Waals surface area contributed by atoms with Crippen LogP contribution in [0.1, 0.15) is 35.7 Å². The van der Waals surface area contributed by atoms with Gasteiger partial charge in [0.25, 0.3) is 5.91 Å². The number of rotatable bonds is 3. The summed E-state index contributed by atoms with van der Waals surface area (Å²) in [5, 5.41) is 0. The fourth-order valence-electron chi connectivity index (χ4n) is 2.46. The summed E-state index contributed by atoms with van der Waals surface area (Å²) in [6, 6.07) is 7.03. The molecule has 0 radical (unpaired) electrons. The summed E-state index contributed by atoms with van der Waals surface area (Å²) in [6.07, 6.45) is 1.54. The standard InChI is InChI=1S/C15H19NO3/c1-3-19-15(18)13-9-6-10-16(13)14(17)12-8-5-4-7-11(12)2/h4-5,7-8,13H,3,6,9-10H2,1-2H3. The van der Waals surface area contributed by atoms with Crippen LogP contribution in [0.4, 0.5) is 0 Å². The van der Waals surface area contributed by atoms with Gasteiger partial charge in [0.2, 0.25) is 0 Å². The third kappa shape index (κ3) is 2.78. The molecule has 0 aromatic heterocycles. The number of hydrogen-bond acceptors (Lipinski definition) is 3. The molecule has 1 saturated heterocycles. The Labute approximate surface area is 113 Å². The summed E-state index contributed by atoms with van der Waals surface area (Å²) in [6.45, 7) is 4.65. The minimum Gasteiger partial charge on any atom is -0.464 e. The second-order valence-corrected chi connectivity index (χ2v) is 4.72. The van der Waals surface area contributed by atoms with Crippen molar-refractivity contribution in [2.24, 2.45) is 0 Å². The highest BCUT2D eigenvalue weighted by Gasteiger charge is 2.35. The van der Waals surface area contributed by atoms with Crippen molar-refractivity contribution in [1.82, 2.24) is 4.90 Å². The van der Waals surface area contributed by atoms with Crippen LogP contribution in [0.3, 0.4) is 0 Å². The fraction of sp³-hybridized carbons (Fsp3) is 0.467. The number of benzene rings is 1. The smallest absolute Gasteiger partial charge is 0.328 e. The summed E-state index contributed by atoms with van der Waals surface area (Å²) >= 11 is 0. The quantitative estimate of drug-likeness (QED) is 0.783. The van der Waals surface area contributed by atoms with Gasteiger partial charge in [-0.2, -0.15) is 0 Å². The minimum atomic E-state index is -0.424. The van der Waals surface area contributed by atoms with Crippen LogP contribution >= 0.6 is 0 Å². The maximum absolute atomic E-state index is 12.5. The fourth-order valence-corrected chi connectivity index (χ4v) is 2.46. The molecular weight excluding hydrogens is 242 g/mol. The molecular formula is C15H19NO3.